The van der Waals surface area contributed by atoms with Crippen LogP contribution in [-0.4, -0.2) is 28.1 Å². The molecule has 0 aliphatic carbocycles. The van der Waals surface area contributed by atoms with Gasteiger partial charge in [0.05, 0.1) is 11.7 Å². The summed E-state index contributed by atoms with van der Waals surface area (Å²) in [5.74, 6) is -0.447. The van der Waals surface area contributed by atoms with Crippen LogP contribution in [0.25, 0.3) is 10.9 Å². The number of hydrogen-bond acceptors (Lipinski definition) is 4. The van der Waals surface area contributed by atoms with Gasteiger partial charge < -0.3 is 10.6 Å². The molecule has 0 radical (unpaired) electrons. The fourth-order valence-corrected chi connectivity index (χ4v) is 3.05. The number of aromatic nitrogens is 2. The van der Waals surface area contributed by atoms with Crippen molar-refractivity contribution in [2.24, 2.45) is 0 Å². The number of thiophene rings is 1. The lowest BCUT2D eigenvalue weighted by Gasteiger charge is -2.16. The third-order valence-electron chi connectivity index (χ3n) is 3.78. The summed E-state index contributed by atoms with van der Waals surface area (Å²) in [5, 5.41) is 17.2. The summed E-state index contributed by atoms with van der Waals surface area (Å²) in [6.45, 7) is 2.34. The Balaban J connectivity index is 1.62. The summed E-state index contributed by atoms with van der Waals surface area (Å²) in [6.07, 6.45) is 2.19. The smallest absolute Gasteiger partial charge is 0.251 e. The van der Waals surface area contributed by atoms with E-state index in [-0.39, 0.29) is 11.8 Å². The number of aromatic amines is 1. The van der Waals surface area contributed by atoms with Crippen molar-refractivity contribution >= 4 is 34.1 Å². The summed E-state index contributed by atoms with van der Waals surface area (Å²) in [7, 11) is 0. The van der Waals surface area contributed by atoms with Gasteiger partial charge in [0.2, 0.25) is 5.91 Å². The Hall–Kier alpha value is -2.67. The Morgan fingerprint density at radius 2 is 2.21 bits per heavy atom. The van der Waals surface area contributed by atoms with E-state index in [0.29, 0.717) is 18.5 Å². The number of amides is 2. The maximum Gasteiger partial charge on any atom is 0.251 e. The van der Waals surface area contributed by atoms with Crippen molar-refractivity contribution in [2.45, 2.75) is 25.9 Å². The second kappa shape index (κ2) is 7.27. The molecule has 0 bridgehead atoms. The average molecular weight is 342 g/mol. The maximum absolute atomic E-state index is 12.4. The van der Waals surface area contributed by atoms with Crippen LogP contribution in [0.1, 0.15) is 29.3 Å². The number of benzene rings is 1. The first-order valence-corrected chi connectivity index (χ1v) is 8.64. The van der Waals surface area contributed by atoms with Gasteiger partial charge in [0, 0.05) is 17.5 Å². The van der Waals surface area contributed by atoms with E-state index in [1.165, 1.54) is 0 Å². The topological polar surface area (TPSA) is 86.9 Å². The summed E-state index contributed by atoms with van der Waals surface area (Å²) < 4.78 is 0. The van der Waals surface area contributed by atoms with E-state index in [1.807, 2.05) is 23.8 Å². The molecule has 1 atom stereocenters. The first kappa shape index (κ1) is 16.2. The monoisotopic (exact) mass is 342 g/mol. The standard InChI is InChI=1S/C17H18N4O2S/c1-2-14(17(23)18-8-11-5-6-24-10-11)20-16(22)12-3-4-15-13(7-12)9-19-21-15/h3-7,9-10,14H,2,8H2,1H3,(H,18,23)(H,19,21)(H,20,22)/t14-/m1/s1. The van der Waals surface area contributed by atoms with Gasteiger partial charge in [-0.05, 0) is 47.0 Å². The van der Waals surface area contributed by atoms with Crippen molar-refractivity contribution in [3.05, 3.63) is 52.3 Å². The van der Waals surface area contributed by atoms with Crippen LogP contribution in [-0.2, 0) is 11.3 Å². The minimum Gasteiger partial charge on any atom is -0.350 e. The van der Waals surface area contributed by atoms with Crippen LogP contribution in [0.4, 0.5) is 0 Å². The highest BCUT2D eigenvalue weighted by atomic mass is 32.1. The van der Waals surface area contributed by atoms with Gasteiger partial charge in [-0.25, -0.2) is 0 Å². The molecule has 0 saturated carbocycles. The number of H-pyrrole nitrogens is 1. The van der Waals surface area contributed by atoms with E-state index >= 15 is 0 Å². The number of nitrogens with zero attached hydrogens (tertiary/aromatic N) is 1. The highest BCUT2D eigenvalue weighted by molar-refractivity contribution is 7.07. The zero-order chi connectivity index (χ0) is 16.9. The summed E-state index contributed by atoms with van der Waals surface area (Å²) in [4.78, 5) is 24.7. The summed E-state index contributed by atoms with van der Waals surface area (Å²) in [5.41, 5.74) is 2.43. The normalized spacial score (nSPS) is 12.0. The van der Waals surface area contributed by atoms with Gasteiger partial charge in [-0.2, -0.15) is 16.4 Å². The lowest BCUT2D eigenvalue weighted by molar-refractivity contribution is -0.123. The van der Waals surface area contributed by atoms with Crippen LogP contribution in [0, 0.1) is 0 Å². The third-order valence-corrected chi connectivity index (χ3v) is 4.51. The molecule has 0 aliphatic heterocycles. The van der Waals surface area contributed by atoms with Crippen LogP contribution in [0.3, 0.4) is 0 Å². The fraction of sp³-hybridized carbons (Fsp3) is 0.235. The average Bonchev–Trinajstić information content (AvgIpc) is 3.27. The molecule has 0 unspecified atom stereocenters. The molecule has 3 N–H and O–H groups in total. The molecule has 0 fully saturated rings. The number of carbonyl (C=O) groups is 2. The van der Waals surface area contributed by atoms with Crippen LogP contribution < -0.4 is 10.6 Å². The van der Waals surface area contributed by atoms with E-state index in [1.54, 1.807) is 35.7 Å². The number of hydrogen-bond donors (Lipinski definition) is 3. The zero-order valence-electron chi connectivity index (χ0n) is 13.2. The Bertz CT molecular complexity index is 841. The lowest BCUT2D eigenvalue weighted by atomic mass is 10.1. The molecule has 124 valence electrons. The molecular weight excluding hydrogens is 324 g/mol. The summed E-state index contributed by atoms with van der Waals surface area (Å²) in [6, 6.07) is 6.67. The van der Waals surface area contributed by atoms with Crippen LogP contribution >= 0.6 is 11.3 Å². The number of nitrogens with one attached hydrogen (secondary N) is 3. The molecule has 1 aromatic carbocycles. The number of fused-ring (bicyclic) bond motifs is 1. The van der Waals surface area contributed by atoms with E-state index in [0.717, 1.165) is 16.5 Å². The van der Waals surface area contributed by atoms with E-state index in [4.69, 9.17) is 0 Å². The molecule has 0 spiro atoms. The fourth-order valence-electron chi connectivity index (χ4n) is 2.38. The van der Waals surface area contributed by atoms with E-state index in [2.05, 4.69) is 20.8 Å². The molecule has 0 saturated heterocycles. The molecule has 6 nitrogen and oxygen atoms in total. The van der Waals surface area contributed by atoms with E-state index < -0.39 is 6.04 Å². The molecule has 3 rings (SSSR count). The van der Waals surface area contributed by atoms with Gasteiger partial charge in [-0.15, -0.1) is 0 Å². The van der Waals surface area contributed by atoms with Gasteiger partial charge in [0.1, 0.15) is 6.04 Å². The molecule has 0 aliphatic rings. The SMILES string of the molecule is CC[C@@H](NC(=O)c1ccc2[nH]ncc2c1)C(=O)NCc1ccsc1. The molecular formula is C17H18N4O2S. The highest BCUT2D eigenvalue weighted by Gasteiger charge is 2.19. The maximum atomic E-state index is 12.4. The van der Waals surface area contributed by atoms with Gasteiger partial charge >= 0.3 is 0 Å². The number of rotatable bonds is 6. The Morgan fingerprint density at radius 3 is 2.96 bits per heavy atom. The van der Waals surface area contributed by atoms with Crippen LogP contribution in [0.2, 0.25) is 0 Å². The first-order valence-electron chi connectivity index (χ1n) is 7.70. The Morgan fingerprint density at radius 1 is 1.33 bits per heavy atom. The van der Waals surface area contributed by atoms with Gasteiger partial charge in [-0.3, -0.25) is 14.7 Å². The van der Waals surface area contributed by atoms with Crippen molar-refractivity contribution in [2.75, 3.05) is 0 Å². The van der Waals surface area contributed by atoms with Gasteiger partial charge in [0.25, 0.3) is 5.91 Å². The Labute approximate surface area is 143 Å². The largest absolute Gasteiger partial charge is 0.350 e. The molecule has 24 heavy (non-hydrogen) atoms. The third kappa shape index (κ3) is 3.62. The quantitative estimate of drug-likeness (QED) is 0.643. The molecule has 2 amide bonds. The highest BCUT2D eigenvalue weighted by Crippen LogP contribution is 2.13. The molecule has 2 aromatic heterocycles. The predicted molar refractivity (Wildman–Crippen MR) is 93.8 cm³/mol. The Kier molecular flexibility index (Phi) is 4.90. The van der Waals surface area contributed by atoms with Gasteiger partial charge in [0.15, 0.2) is 0 Å². The lowest BCUT2D eigenvalue weighted by Crippen LogP contribution is -2.46. The predicted octanol–water partition coefficient (Wildman–Crippen LogP) is 2.45. The molecule has 7 heteroatoms. The van der Waals surface area contributed by atoms with Crippen molar-refractivity contribution < 1.29 is 9.59 Å². The summed E-state index contributed by atoms with van der Waals surface area (Å²) >= 11 is 1.59. The number of carbonyl (C=O) groups excluding carboxylic acids is 2. The second-order valence-electron chi connectivity index (χ2n) is 5.46. The van der Waals surface area contributed by atoms with Crippen molar-refractivity contribution in [1.82, 2.24) is 20.8 Å². The zero-order valence-corrected chi connectivity index (χ0v) is 14.0. The second-order valence-corrected chi connectivity index (χ2v) is 6.24. The first-order chi connectivity index (χ1) is 11.7. The van der Waals surface area contributed by atoms with Crippen LogP contribution in [0.15, 0.2) is 41.2 Å². The molecule has 3 aromatic rings. The minimum absolute atomic E-state index is 0.179. The minimum atomic E-state index is -0.559. The van der Waals surface area contributed by atoms with Gasteiger partial charge in [-0.1, -0.05) is 6.92 Å². The van der Waals surface area contributed by atoms with Crippen molar-refractivity contribution in [3.8, 4) is 0 Å². The van der Waals surface area contributed by atoms with Crippen molar-refractivity contribution in [1.29, 1.82) is 0 Å². The molecule has 2 heterocycles. The van der Waals surface area contributed by atoms with Crippen molar-refractivity contribution in [3.63, 3.8) is 0 Å². The van der Waals surface area contributed by atoms with E-state index in [9.17, 15) is 9.59 Å². The van der Waals surface area contributed by atoms with Crippen LogP contribution in [0.5, 0.6) is 0 Å².